The van der Waals surface area contributed by atoms with Crippen LogP contribution < -0.4 is 10.6 Å². The third-order valence-corrected chi connectivity index (χ3v) is 5.66. The Hall–Kier alpha value is -2.35. The highest BCUT2D eigenvalue weighted by Crippen LogP contribution is 2.30. The second kappa shape index (κ2) is 8.35. The van der Waals surface area contributed by atoms with Crippen molar-refractivity contribution >= 4 is 50.7 Å². The molecule has 0 fully saturated rings. The fraction of sp³-hybridized carbons (Fsp3) is 0.158. The minimum absolute atomic E-state index is 0.0306. The number of aliphatic hydroxyl groups is 1. The van der Waals surface area contributed by atoms with Gasteiger partial charge >= 0.3 is 11.8 Å². The van der Waals surface area contributed by atoms with Crippen molar-refractivity contribution in [1.82, 2.24) is 5.32 Å². The summed E-state index contributed by atoms with van der Waals surface area (Å²) in [6, 6.07) is 15.0. The molecular weight excluding hydrogens is 368 g/mol. The molecule has 0 aliphatic rings. The van der Waals surface area contributed by atoms with Crippen molar-refractivity contribution in [2.45, 2.75) is 11.0 Å². The quantitative estimate of drug-likeness (QED) is 0.464. The standard InChI is InChI=1S/C19H18N2O3S2/c1-25-17-9-5-3-7-14(17)21-19(24)18(23)20-10-15(22)13-11-26-16-8-4-2-6-12(13)16/h2-9,11,15,22H,10H2,1H3,(H,20,23)(H,21,24). The Morgan fingerprint density at radius 2 is 1.85 bits per heavy atom. The number of aliphatic hydroxyl groups excluding tert-OH is 1. The maximum absolute atomic E-state index is 12.1. The van der Waals surface area contributed by atoms with Gasteiger partial charge in [-0.15, -0.1) is 23.1 Å². The van der Waals surface area contributed by atoms with Crippen LogP contribution in [0.1, 0.15) is 11.7 Å². The Kier molecular flexibility index (Phi) is 5.92. The monoisotopic (exact) mass is 386 g/mol. The lowest BCUT2D eigenvalue weighted by molar-refractivity contribution is -0.136. The molecule has 0 spiro atoms. The van der Waals surface area contributed by atoms with E-state index in [-0.39, 0.29) is 6.54 Å². The molecule has 7 heteroatoms. The Balaban J connectivity index is 1.60. The third kappa shape index (κ3) is 4.07. The molecule has 0 radical (unpaired) electrons. The lowest BCUT2D eigenvalue weighted by atomic mass is 10.1. The summed E-state index contributed by atoms with van der Waals surface area (Å²) >= 11 is 3.02. The molecule has 5 nitrogen and oxygen atoms in total. The highest BCUT2D eigenvalue weighted by molar-refractivity contribution is 7.98. The number of rotatable bonds is 5. The molecule has 1 atom stereocenters. The number of carbonyl (C=O) groups is 2. The molecule has 0 saturated heterocycles. The predicted molar refractivity (Wildman–Crippen MR) is 107 cm³/mol. The Bertz CT molecular complexity index is 939. The Morgan fingerprint density at radius 3 is 2.65 bits per heavy atom. The normalized spacial score (nSPS) is 11.9. The van der Waals surface area contributed by atoms with Gasteiger partial charge < -0.3 is 15.7 Å². The van der Waals surface area contributed by atoms with Gasteiger partial charge in [-0.1, -0.05) is 30.3 Å². The number of hydrogen-bond acceptors (Lipinski definition) is 5. The number of anilines is 1. The molecule has 1 unspecified atom stereocenters. The highest BCUT2D eigenvalue weighted by atomic mass is 32.2. The Labute approximate surface area is 159 Å². The lowest BCUT2D eigenvalue weighted by Gasteiger charge is -2.12. The summed E-state index contributed by atoms with van der Waals surface area (Å²) in [6.07, 6.45) is 1.02. The number of benzene rings is 2. The van der Waals surface area contributed by atoms with E-state index in [2.05, 4.69) is 10.6 Å². The molecule has 0 bridgehead atoms. The molecule has 0 saturated carbocycles. The SMILES string of the molecule is CSc1ccccc1NC(=O)C(=O)NCC(O)c1csc2ccccc12. The topological polar surface area (TPSA) is 78.4 Å². The van der Waals surface area contributed by atoms with Gasteiger partial charge in [0.1, 0.15) is 0 Å². The third-order valence-electron chi connectivity index (χ3n) is 3.89. The van der Waals surface area contributed by atoms with Crippen molar-refractivity contribution in [1.29, 1.82) is 0 Å². The first-order valence-corrected chi connectivity index (χ1v) is 10.1. The summed E-state index contributed by atoms with van der Waals surface area (Å²) in [5, 5.41) is 18.3. The van der Waals surface area contributed by atoms with Crippen LogP contribution in [0.5, 0.6) is 0 Å². The summed E-state index contributed by atoms with van der Waals surface area (Å²) in [6.45, 7) is -0.0306. The van der Waals surface area contributed by atoms with Gasteiger partial charge in [0, 0.05) is 21.7 Å². The van der Waals surface area contributed by atoms with Crippen LogP contribution in [0.25, 0.3) is 10.1 Å². The van der Waals surface area contributed by atoms with Gasteiger partial charge in [0.2, 0.25) is 0 Å². The molecule has 3 aromatic rings. The summed E-state index contributed by atoms with van der Waals surface area (Å²) < 4.78 is 1.07. The number of para-hydroxylation sites is 1. The highest BCUT2D eigenvalue weighted by Gasteiger charge is 2.18. The van der Waals surface area contributed by atoms with Crippen LogP contribution in [-0.4, -0.2) is 29.7 Å². The molecular formula is C19H18N2O3S2. The van der Waals surface area contributed by atoms with Crippen LogP contribution >= 0.6 is 23.1 Å². The van der Waals surface area contributed by atoms with Gasteiger partial charge in [-0.25, -0.2) is 0 Å². The number of thioether (sulfide) groups is 1. The van der Waals surface area contributed by atoms with E-state index in [0.29, 0.717) is 5.69 Å². The van der Waals surface area contributed by atoms with Crippen LogP contribution in [0.15, 0.2) is 58.8 Å². The average Bonchev–Trinajstić information content (AvgIpc) is 3.10. The first kappa shape index (κ1) is 18.4. The van der Waals surface area contributed by atoms with Crippen molar-refractivity contribution in [3.05, 3.63) is 59.5 Å². The number of nitrogens with one attached hydrogen (secondary N) is 2. The van der Waals surface area contributed by atoms with Crippen molar-refractivity contribution in [3.8, 4) is 0 Å². The first-order valence-electron chi connectivity index (χ1n) is 7.96. The van der Waals surface area contributed by atoms with E-state index >= 15 is 0 Å². The minimum atomic E-state index is -0.874. The fourth-order valence-corrected chi connectivity index (χ4v) is 4.12. The molecule has 1 aromatic heterocycles. The van der Waals surface area contributed by atoms with Gasteiger partial charge in [-0.2, -0.15) is 0 Å². The Morgan fingerprint density at radius 1 is 1.12 bits per heavy atom. The number of hydrogen-bond donors (Lipinski definition) is 3. The zero-order chi connectivity index (χ0) is 18.5. The van der Waals surface area contributed by atoms with Crippen LogP contribution in [0.3, 0.4) is 0 Å². The molecule has 2 aromatic carbocycles. The summed E-state index contributed by atoms with van der Waals surface area (Å²) in [5.41, 5.74) is 1.34. The van der Waals surface area contributed by atoms with E-state index in [1.54, 1.807) is 12.1 Å². The maximum atomic E-state index is 12.1. The first-order chi connectivity index (χ1) is 12.6. The van der Waals surface area contributed by atoms with E-state index in [1.165, 1.54) is 23.1 Å². The second-order valence-corrected chi connectivity index (χ2v) is 7.33. The van der Waals surface area contributed by atoms with Crippen LogP contribution in [-0.2, 0) is 9.59 Å². The van der Waals surface area contributed by atoms with Gasteiger partial charge in [0.05, 0.1) is 11.8 Å². The van der Waals surface area contributed by atoms with Crippen LogP contribution in [0.2, 0.25) is 0 Å². The smallest absolute Gasteiger partial charge is 0.313 e. The molecule has 0 aliphatic carbocycles. The van der Waals surface area contributed by atoms with E-state index in [0.717, 1.165) is 20.5 Å². The molecule has 134 valence electrons. The van der Waals surface area contributed by atoms with E-state index in [4.69, 9.17) is 0 Å². The number of amides is 2. The molecule has 3 N–H and O–H groups in total. The van der Waals surface area contributed by atoms with E-state index in [9.17, 15) is 14.7 Å². The number of fused-ring (bicyclic) bond motifs is 1. The molecule has 0 aliphatic heterocycles. The molecule has 26 heavy (non-hydrogen) atoms. The second-order valence-electron chi connectivity index (χ2n) is 5.57. The molecule has 3 rings (SSSR count). The van der Waals surface area contributed by atoms with Crippen molar-refractivity contribution in [3.63, 3.8) is 0 Å². The fourth-order valence-electron chi connectivity index (χ4n) is 2.56. The summed E-state index contributed by atoms with van der Waals surface area (Å²) in [7, 11) is 0. The van der Waals surface area contributed by atoms with Crippen molar-refractivity contribution in [2.24, 2.45) is 0 Å². The van der Waals surface area contributed by atoms with Gasteiger partial charge in [-0.3, -0.25) is 9.59 Å². The zero-order valence-corrected chi connectivity index (χ0v) is 15.7. The van der Waals surface area contributed by atoms with Crippen molar-refractivity contribution < 1.29 is 14.7 Å². The summed E-state index contributed by atoms with van der Waals surface area (Å²) in [5.74, 6) is -1.53. The minimum Gasteiger partial charge on any atom is -0.387 e. The average molecular weight is 386 g/mol. The van der Waals surface area contributed by atoms with Gasteiger partial charge in [0.25, 0.3) is 0 Å². The largest absolute Gasteiger partial charge is 0.387 e. The maximum Gasteiger partial charge on any atom is 0.313 e. The van der Waals surface area contributed by atoms with Gasteiger partial charge in [-0.05, 0) is 35.2 Å². The van der Waals surface area contributed by atoms with Crippen LogP contribution in [0, 0.1) is 0 Å². The van der Waals surface area contributed by atoms with E-state index < -0.39 is 17.9 Å². The molecule has 2 amide bonds. The lowest BCUT2D eigenvalue weighted by Crippen LogP contribution is -2.37. The number of thiophene rings is 1. The summed E-state index contributed by atoms with van der Waals surface area (Å²) in [4.78, 5) is 25.0. The van der Waals surface area contributed by atoms with E-state index in [1.807, 2.05) is 48.0 Å². The van der Waals surface area contributed by atoms with Crippen molar-refractivity contribution in [2.75, 3.05) is 18.1 Å². The zero-order valence-electron chi connectivity index (χ0n) is 14.1. The molecule has 1 heterocycles. The van der Waals surface area contributed by atoms with Gasteiger partial charge in [0.15, 0.2) is 0 Å². The van der Waals surface area contributed by atoms with Crippen LogP contribution in [0.4, 0.5) is 5.69 Å². The number of carbonyl (C=O) groups excluding carboxylic acids is 2. The predicted octanol–water partition coefficient (Wildman–Crippen LogP) is 3.41.